The van der Waals surface area contributed by atoms with Crippen molar-refractivity contribution in [3.05, 3.63) is 35.9 Å². The molecule has 14 atom stereocenters. The third-order valence-electron chi connectivity index (χ3n) is 17.3. The molecular formula is C71H118N22O23S2. The van der Waals surface area contributed by atoms with Gasteiger partial charge in [-0.2, -0.15) is 0 Å². The molecule has 662 valence electrons. The molecule has 0 bridgehead atoms. The molecule has 0 aliphatic carbocycles. The van der Waals surface area contributed by atoms with Gasteiger partial charge in [-0.05, 0) is 74.2 Å². The number of aliphatic hydroxyl groups excluding tert-OH is 2. The number of hydrogen-bond acceptors (Lipinski definition) is 25. The van der Waals surface area contributed by atoms with Crippen LogP contribution < -0.4 is 109 Å². The van der Waals surface area contributed by atoms with Gasteiger partial charge in [-0.15, -0.1) is 0 Å². The number of aliphatic carboxylic acids is 3. The molecule has 0 spiro atoms. The van der Waals surface area contributed by atoms with Crippen molar-refractivity contribution in [2.45, 2.75) is 211 Å². The summed E-state index contributed by atoms with van der Waals surface area (Å²) in [6, 6.07) is -13.0. The van der Waals surface area contributed by atoms with E-state index in [2.05, 4.69) is 84.4 Å². The highest BCUT2D eigenvalue weighted by atomic mass is 33.1. The maximum absolute atomic E-state index is 15.0. The minimum absolute atomic E-state index is 0.00145. The van der Waals surface area contributed by atoms with Crippen LogP contribution >= 0.6 is 21.6 Å². The number of benzene rings is 1. The third-order valence-corrected chi connectivity index (χ3v) is 19.8. The monoisotopic (exact) mass is 1710 g/mol. The van der Waals surface area contributed by atoms with Crippen LogP contribution in [0.2, 0.25) is 0 Å². The number of guanidine groups is 2. The van der Waals surface area contributed by atoms with Gasteiger partial charge in [0.2, 0.25) is 88.6 Å². The number of nitrogens with one attached hydrogen (secondary N) is 14. The molecule has 1 heterocycles. The molecule has 0 unspecified atom stereocenters. The van der Waals surface area contributed by atoms with Gasteiger partial charge < -0.3 is 134 Å². The van der Waals surface area contributed by atoms with E-state index in [0.717, 1.165) is 6.92 Å². The van der Waals surface area contributed by atoms with Gasteiger partial charge in [0.15, 0.2) is 11.9 Å². The highest BCUT2D eigenvalue weighted by Crippen LogP contribution is 2.24. The molecule has 45 nitrogen and oxygen atoms in total. The summed E-state index contributed by atoms with van der Waals surface area (Å²) in [7, 11) is 1.38. The molecule has 0 radical (unpaired) electrons. The quantitative estimate of drug-likeness (QED) is 0.0126. The number of rotatable bonds is 39. The van der Waals surface area contributed by atoms with Gasteiger partial charge in [0, 0.05) is 50.8 Å². The highest BCUT2D eigenvalue weighted by Gasteiger charge is 2.39. The maximum atomic E-state index is 15.0. The van der Waals surface area contributed by atoms with Crippen molar-refractivity contribution in [3.8, 4) is 0 Å². The van der Waals surface area contributed by atoms with E-state index < -0.39 is 266 Å². The van der Waals surface area contributed by atoms with Crippen molar-refractivity contribution < 1.29 is 112 Å². The van der Waals surface area contributed by atoms with E-state index in [0.29, 0.717) is 27.2 Å². The number of nitrogens with zero attached hydrogens (tertiary/aromatic N) is 2. The summed E-state index contributed by atoms with van der Waals surface area (Å²) in [5.41, 5.74) is 34.4. The molecule has 1 fully saturated rings. The van der Waals surface area contributed by atoms with Crippen LogP contribution in [0.25, 0.3) is 0 Å². The Hall–Kier alpha value is -11.2. The molecular weight excluding hydrogens is 1590 g/mol. The number of aliphatic hydroxyl groups is 2. The molecule has 118 heavy (non-hydrogen) atoms. The fourth-order valence-corrected chi connectivity index (χ4v) is 13.1. The predicted molar refractivity (Wildman–Crippen MR) is 431 cm³/mol. The number of carboxylic acids is 3. The first-order valence-corrected chi connectivity index (χ1v) is 40.3. The third kappa shape index (κ3) is 42.1. The fourth-order valence-electron chi connectivity index (χ4n) is 10.8. The summed E-state index contributed by atoms with van der Waals surface area (Å²) >= 11 is 0. The van der Waals surface area contributed by atoms with Gasteiger partial charge in [0.05, 0.1) is 32.3 Å². The van der Waals surface area contributed by atoms with Crippen LogP contribution in [0.1, 0.15) is 132 Å². The normalized spacial score (nSPS) is 19.9. The number of aliphatic imine (C=N–C) groups is 2. The second-order valence-electron chi connectivity index (χ2n) is 28.5. The predicted octanol–water partition coefficient (Wildman–Crippen LogP) is -8.20. The van der Waals surface area contributed by atoms with Gasteiger partial charge >= 0.3 is 11.9 Å². The van der Waals surface area contributed by atoms with Crippen molar-refractivity contribution >= 4 is 140 Å². The van der Waals surface area contributed by atoms with Gasteiger partial charge in [-0.25, -0.2) is 4.79 Å². The number of primary amides is 1. The molecule has 1 aromatic carbocycles. The first kappa shape index (κ1) is 105. The van der Waals surface area contributed by atoms with Crippen molar-refractivity contribution in [1.82, 2.24) is 74.4 Å². The van der Waals surface area contributed by atoms with Crippen LogP contribution in [0.15, 0.2) is 40.3 Å². The molecule has 0 aromatic heterocycles. The van der Waals surface area contributed by atoms with Crippen LogP contribution in [-0.2, 0) is 92.7 Å². The SMILES string of the molecule is CC(=O)O.CC[C@H](C)[C@H](NC(=O)[C@H](CCCN=C(N)N)NC(=O)[C@@H](N)CC(C)C)C(=O)N[C@H](C(=O)N[C@@H](CCC(N)=O)C(=O)N[C@H]1CSSC[C@@H](C(=O)NCC(=O)N[C@@H](Cc2ccccc2)C(=O)O)NC(=O)[C@H](CO)NC(=O)CNC(=O)[C@H](CCC(=O)O)NC(=O)[C@H](C(C)C)NC(=O)[C@H](CO)NC(=O)[C@H](CCCN=C(N)N)NC1=O)C(C)C. The zero-order valence-corrected chi connectivity index (χ0v) is 69.0. The van der Waals surface area contributed by atoms with Gasteiger partial charge in [0.25, 0.3) is 5.97 Å². The molecule has 1 aliphatic rings. The molecule has 15 amide bonds. The van der Waals surface area contributed by atoms with Crippen LogP contribution in [0.5, 0.6) is 0 Å². The molecule has 0 saturated carbocycles. The Morgan fingerprint density at radius 2 is 1.09 bits per heavy atom. The van der Waals surface area contributed by atoms with E-state index in [1.54, 1.807) is 44.2 Å². The van der Waals surface area contributed by atoms with Gasteiger partial charge in [-0.3, -0.25) is 91.5 Å². The zero-order valence-electron chi connectivity index (χ0n) is 67.4. The summed E-state index contributed by atoms with van der Waals surface area (Å²) in [5.74, 6) is -24.0. The fraction of sp³-hybridized carbons (Fsp3) is 0.634. The van der Waals surface area contributed by atoms with Gasteiger partial charge in [0.1, 0.15) is 72.5 Å². The Morgan fingerprint density at radius 3 is 1.64 bits per heavy atom. The molecule has 47 heteroatoms. The first-order chi connectivity index (χ1) is 55.3. The average Bonchev–Trinajstić information content (AvgIpc) is 0.846. The smallest absolute Gasteiger partial charge is 0.326 e. The van der Waals surface area contributed by atoms with E-state index in [9.17, 15) is 97.1 Å². The summed E-state index contributed by atoms with van der Waals surface area (Å²) in [6.45, 7) is 9.66. The van der Waals surface area contributed by atoms with Gasteiger partial charge in [-0.1, -0.05) is 114 Å². The lowest BCUT2D eigenvalue weighted by molar-refractivity contribution is -0.142. The Bertz CT molecular complexity index is 3630. The topological polar surface area (TPSA) is 758 Å². The minimum atomic E-state index is -1.93. The number of nitrogens with two attached hydrogens (primary N) is 6. The largest absolute Gasteiger partial charge is 0.481 e. The molecule has 1 saturated heterocycles. The summed E-state index contributed by atoms with van der Waals surface area (Å²) in [6.07, 6.45) is -2.51. The van der Waals surface area contributed by atoms with Crippen LogP contribution in [0.3, 0.4) is 0 Å². The zero-order chi connectivity index (χ0) is 89.6. The van der Waals surface area contributed by atoms with E-state index in [-0.39, 0.29) is 75.9 Å². The van der Waals surface area contributed by atoms with Crippen LogP contribution in [0.4, 0.5) is 0 Å². The lowest BCUT2D eigenvalue weighted by Gasteiger charge is -2.30. The maximum Gasteiger partial charge on any atom is 0.326 e. The van der Waals surface area contributed by atoms with E-state index in [1.807, 2.05) is 13.8 Å². The summed E-state index contributed by atoms with van der Waals surface area (Å²) < 4.78 is 0. The minimum Gasteiger partial charge on any atom is -0.481 e. The number of carbonyl (C=O) groups excluding carboxylic acids is 15. The van der Waals surface area contributed by atoms with E-state index in [1.165, 1.54) is 27.7 Å². The number of hydrogen-bond donors (Lipinski definition) is 25. The van der Waals surface area contributed by atoms with Crippen LogP contribution in [0, 0.1) is 23.7 Å². The highest BCUT2D eigenvalue weighted by molar-refractivity contribution is 8.76. The second kappa shape index (κ2) is 55.4. The number of carbonyl (C=O) groups is 18. The molecule has 31 N–H and O–H groups in total. The Labute approximate surface area is 689 Å². The van der Waals surface area contributed by atoms with Crippen LogP contribution in [-0.4, -0.2) is 273 Å². The Morgan fingerprint density at radius 1 is 0.568 bits per heavy atom. The summed E-state index contributed by atoms with van der Waals surface area (Å²) in [5, 5.41) is 81.7. The number of carboxylic acid groups (broad SMARTS) is 3. The summed E-state index contributed by atoms with van der Waals surface area (Å²) in [4.78, 5) is 251. The van der Waals surface area contributed by atoms with E-state index >= 15 is 4.79 Å². The molecule has 1 aromatic rings. The van der Waals surface area contributed by atoms with Crippen molar-refractivity contribution in [3.63, 3.8) is 0 Å². The molecule has 2 rings (SSSR count). The number of amides is 15. The van der Waals surface area contributed by atoms with Crippen molar-refractivity contribution in [2.75, 3.05) is 50.9 Å². The lowest BCUT2D eigenvalue weighted by Crippen LogP contribution is -2.62. The Kier molecular flexibility index (Phi) is 49.2. The van der Waals surface area contributed by atoms with Crippen molar-refractivity contribution in [2.24, 2.45) is 68.1 Å². The van der Waals surface area contributed by atoms with E-state index in [4.69, 9.17) is 44.3 Å². The Balaban J connectivity index is 0.0000170. The first-order valence-electron chi connectivity index (χ1n) is 37.8. The lowest BCUT2D eigenvalue weighted by atomic mass is 9.95. The van der Waals surface area contributed by atoms with Crippen molar-refractivity contribution in [1.29, 1.82) is 0 Å². The second-order valence-corrected chi connectivity index (χ2v) is 31.0. The average molecular weight is 1710 g/mol. The standard InChI is InChI=1S/C69H114N22O21S2.C2H4O2/c1-9-36(8)54(91-60(104)40(18-14-24-77-69(74)75)82-55(99)38(70)25-33(2)3)66(110)90-53(35(6)7)65(109)85-42(19-21-48(71)94)59(103)88-47-32-114-113-31-46(57(101)79-27-49(95)80-43(67(111)112)26-37-15-11-10-12-16-37)87-61(105)44(29-92)81-50(96)28-78-56(100)41(20-22-51(97)98)84-64(108)52(34(4)5)89-62(106)45(30-93)86-58(102)39(83-63(47)107)17-13-23-76-68(72)73;1-2(3)4/h10-12,15-16,33-36,38-47,52-54,92-93H,9,13-14,17-32,70H2,1-8H3,(H2,71,94)(H,78,100)(H,79,101)(H,80,95)(H,81,96)(H,82,99)(H,83,107)(H,84,108)(H,85,109)(H,86,102)(H,87,105)(H,88,103)(H,89,106)(H,90,110)(H,91,104)(H,97,98)(H,111,112)(H4,72,73,76)(H4,74,75,77);1H3,(H,3,4)/t36-,38-,39-,40-,41-,42-,43-,44-,45-,46-,47-,52-,53-,54-;/m0./s1. The molecule has 1 aliphatic heterocycles.